The van der Waals surface area contributed by atoms with Gasteiger partial charge in [0.1, 0.15) is 5.01 Å². The molecule has 0 bridgehead atoms. The molecule has 0 saturated carbocycles. The number of likely N-dealkylation sites (N-methyl/N-ethyl adjacent to an activating group) is 1. The quantitative estimate of drug-likeness (QED) is 0.689. The molecule has 4 heteroatoms. The monoisotopic (exact) mass is 184 g/mol. The third-order valence-electron chi connectivity index (χ3n) is 1.90. The topological polar surface area (TPSA) is 29.0 Å². The largest absolute Gasteiger partial charge is 0.303 e. The van der Waals surface area contributed by atoms with E-state index < -0.39 is 0 Å². The molecule has 1 rings (SSSR count). The molecule has 12 heavy (non-hydrogen) atoms. The molecule has 0 aliphatic carbocycles. The normalized spacial score (nSPS) is 10.9. The Balaban J connectivity index is 2.25. The van der Waals surface area contributed by atoms with Gasteiger partial charge < -0.3 is 4.90 Å². The summed E-state index contributed by atoms with van der Waals surface area (Å²) in [6.45, 7) is 7.65. The van der Waals surface area contributed by atoms with Crippen molar-refractivity contribution in [3.05, 3.63) is 10.5 Å². The summed E-state index contributed by atoms with van der Waals surface area (Å²) in [7, 11) is 0. The van der Waals surface area contributed by atoms with Gasteiger partial charge in [-0.15, -0.1) is 10.2 Å². The summed E-state index contributed by atoms with van der Waals surface area (Å²) >= 11 is 1.51. The van der Waals surface area contributed by atoms with E-state index in [0.717, 1.165) is 31.1 Å². The minimum absolute atomic E-state index is 1.00. The fourth-order valence-electron chi connectivity index (χ4n) is 1.06. The van der Waals surface area contributed by atoms with Gasteiger partial charge in [-0.3, -0.25) is 0 Å². The van der Waals surface area contributed by atoms with Crippen molar-refractivity contribution in [2.45, 2.75) is 20.3 Å². The average molecular weight is 184 g/mol. The molecule has 0 aliphatic heterocycles. The van der Waals surface area contributed by atoms with E-state index in [1.165, 1.54) is 11.3 Å². The zero-order valence-corrected chi connectivity index (χ0v) is 8.39. The Bertz CT molecular complexity index is 194. The van der Waals surface area contributed by atoms with Crippen molar-refractivity contribution in [2.24, 2.45) is 0 Å². The minimum atomic E-state index is 1.00. The van der Waals surface area contributed by atoms with E-state index in [4.69, 9.17) is 0 Å². The fraction of sp³-hybridized carbons (Fsp3) is 0.750. The third kappa shape index (κ3) is 2.87. The molecule has 0 aromatic carbocycles. The molecule has 0 amide bonds. The van der Waals surface area contributed by atoms with Crippen molar-refractivity contribution in [2.75, 3.05) is 19.6 Å². The molecule has 1 aromatic rings. The van der Waals surface area contributed by atoms with Gasteiger partial charge in [0.05, 0.1) is 0 Å². The molecule has 3 nitrogen and oxygen atoms in total. The Morgan fingerprint density at radius 3 is 2.67 bits per heavy atom. The minimum Gasteiger partial charge on any atom is -0.303 e. The van der Waals surface area contributed by atoms with E-state index in [1.54, 1.807) is 0 Å². The highest BCUT2D eigenvalue weighted by Gasteiger charge is 2.01. The first-order valence-corrected chi connectivity index (χ1v) is 5.09. The first-order chi connectivity index (χ1) is 5.86. The first-order valence-electron chi connectivity index (χ1n) is 4.27. The summed E-state index contributed by atoms with van der Waals surface area (Å²) < 4.78 is 0. The summed E-state index contributed by atoms with van der Waals surface area (Å²) in [5.74, 6) is 0. The molecule has 1 aromatic heterocycles. The lowest BCUT2D eigenvalue weighted by Gasteiger charge is -2.16. The van der Waals surface area contributed by atoms with Gasteiger partial charge in [-0.2, -0.15) is 0 Å². The predicted molar refractivity (Wildman–Crippen MR) is 50.2 cm³/mol. The van der Waals surface area contributed by atoms with Gasteiger partial charge in [-0.25, -0.2) is 0 Å². The van der Waals surface area contributed by atoms with Crippen LogP contribution in [0.15, 0.2) is 0 Å². The summed E-state index contributed by atoms with van der Waals surface area (Å²) in [6, 6.07) is 0. The van der Waals surface area contributed by atoms with Crippen LogP contribution < -0.4 is 0 Å². The van der Waals surface area contributed by atoms with Gasteiger partial charge in [0.15, 0.2) is 5.51 Å². The van der Waals surface area contributed by atoms with Gasteiger partial charge in [0, 0.05) is 13.0 Å². The van der Waals surface area contributed by atoms with Crippen molar-refractivity contribution in [3.63, 3.8) is 0 Å². The second-order valence-corrected chi connectivity index (χ2v) is 3.42. The van der Waals surface area contributed by atoms with Crippen LogP contribution in [0.5, 0.6) is 0 Å². The van der Waals surface area contributed by atoms with Gasteiger partial charge >= 0.3 is 0 Å². The van der Waals surface area contributed by atoms with E-state index in [1.807, 2.05) is 0 Å². The van der Waals surface area contributed by atoms with Crippen molar-refractivity contribution < 1.29 is 0 Å². The van der Waals surface area contributed by atoms with Gasteiger partial charge in [-0.05, 0) is 13.1 Å². The Hall–Kier alpha value is -0.480. The molecule has 0 unspecified atom stereocenters. The zero-order valence-electron chi connectivity index (χ0n) is 7.58. The summed E-state index contributed by atoms with van der Waals surface area (Å²) in [5.41, 5.74) is 2.75. The molecular formula is C8H14N3S. The number of hydrogen-bond donors (Lipinski definition) is 0. The van der Waals surface area contributed by atoms with Crippen LogP contribution in [0.3, 0.4) is 0 Å². The lowest BCUT2D eigenvalue weighted by atomic mass is 10.4. The maximum atomic E-state index is 3.94. The second-order valence-electron chi connectivity index (χ2n) is 2.56. The van der Waals surface area contributed by atoms with Crippen molar-refractivity contribution in [1.29, 1.82) is 0 Å². The Labute approximate surface area is 77.4 Å². The molecule has 1 heterocycles. The number of rotatable bonds is 5. The lowest BCUT2D eigenvalue weighted by Crippen LogP contribution is -2.25. The van der Waals surface area contributed by atoms with E-state index in [9.17, 15) is 0 Å². The van der Waals surface area contributed by atoms with Gasteiger partial charge in [0.25, 0.3) is 0 Å². The Morgan fingerprint density at radius 2 is 2.17 bits per heavy atom. The van der Waals surface area contributed by atoms with Crippen LogP contribution in [0.1, 0.15) is 18.9 Å². The van der Waals surface area contributed by atoms with Crippen LogP contribution >= 0.6 is 11.3 Å². The van der Waals surface area contributed by atoms with Crippen LogP contribution in [0.2, 0.25) is 0 Å². The molecule has 0 atom stereocenters. The third-order valence-corrected chi connectivity index (χ3v) is 2.60. The van der Waals surface area contributed by atoms with Crippen molar-refractivity contribution in [1.82, 2.24) is 15.1 Å². The van der Waals surface area contributed by atoms with Crippen LogP contribution in [-0.4, -0.2) is 34.7 Å². The molecule has 0 fully saturated rings. The van der Waals surface area contributed by atoms with Crippen LogP contribution in [0.25, 0.3) is 0 Å². The van der Waals surface area contributed by atoms with Crippen molar-refractivity contribution >= 4 is 11.3 Å². The molecule has 0 aliphatic rings. The molecular weight excluding hydrogens is 170 g/mol. The molecule has 67 valence electrons. The van der Waals surface area contributed by atoms with Crippen LogP contribution in [0.4, 0.5) is 0 Å². The van der Waals surface area contributed by atoms with E-state index in [0.29, 0.717) is 0 Å². The van der Waals surface area contributed by atoms with Gasteiger partial charge in [0.2, 0.25) is 0 Å². The molecule has 0 N–H and O–H groups in total. The lowest BCUT2D eigenvalue weighted by molar-refractivity contribution is 0.307. The SMILES string of the molecule is CCN(CC)CCc1nn[c]s1. The van der Waals surface area contributed by atoms with Crippen LogP contribution in [0, 0.1) is 5.51 Å². The molecule has 1 radical (unpaired) electrons. The van der Waals surface area contributed by atoms with E-state index >= 15 is 0 Å². The fourth-order valence-corrected chi connectivity index (χ4v) is 1.53. The molecule has 0 spiro atoms. The highest BCUT2D eigenvalue weighted by molar-refractivity contribution is 7.08. The van der Waals surface area contributed by atoms with Gasteiger partial charge in [-0.1, -0.05) is 25.2 Å². The standard InChI is InChI=1S/C8H14N3S/c1-3-11(4-2)6-5-8-10-9-7-12-8/h3-6H2,1-2H3. The smallest absolute Gasteiger partial charge is 0.178 e. The van der Waals surface area contributed by atoms with Crippen molar-refractivity contribution in [3.8, 4) is 0 Å². The number of hydrogen-bond acceptors (Lipinski definition) is 4. The van der Waals surface area contributed by atoms with Crippen LogP contribution in [-0.2, 0) is 6.42 Å². The molecule has 0 saturated heterocycles. The number of aromatic nitrogens is 2. The zero-order chi connectivity index (χ0) is 8.81. The summed E-state index contributed by atoms with van der Waals surface area (Å²) in [5, 5.41) is 8.70. The van der Waals surface area contributed by atoms with E-state index in [-0.39, 0.29) is 0 Å². The maximum Gasteiger partial charge on any atom is 0.178 e. The highest BCUT2D eigenvalue weighted by Crippen LogP contribution is 2.02. The maximum absolute atomic E-state index is 3.94. The predicted octanol–water partition coefficient (Wildman–Crippen LogP) is 1.22. The highest BCUT2D eigenvalue weighted by atomic mass is 32.1. The second kappa shape index (κ2) is 5.22. The Morgan fingerprint density at radius 1 is 1.42 bits per heavy atom. The first kappa shape index (κ1) is 9.61. The number of nitrogens with zero attached hydrogens (tertiary/aromatic N) is 3. The Kier molecular flexibility index (Phi) is 4.18. The summed E-state index contributed by atoms with van der Waals surface area (Å²) in [6.07, 6.45) is 1.00. The average Bonchev–Trinajstić information content (AvgIpc) is 2.59. The van der Waals surface area contributed by atoms with E-state index in [2.05, 4.69) is 34.5 Å². The summed E-state index contributed by atoms with van der Waals surface area (Å²) in [4.78, 5) is 2.38.